The third-order valence-electron chi connectivity index (χ3n) is 2.50. The summed E-state index contributed by atoms with van der Waals surface area (Å²) < 4.78 is 38.1. The van der Waals surface area contributed by atoms with Crippen LogP contribution in [0.15, 0.2) is 0 Å². The zero-order valence-electron chi connectivity index (χ0n) is 10.2. The molecule has 0 saturated carbocycles. The molecule has 0 heterocycles. The second-order valence-corrected chi connectivity index (χ2v) is 4.89. The fourth-order valence-corrected chi connectivity index (χ4v) is 1.74. The SMILES string of the molecule is CC(C)CCN(C)[C@@H](C(C)C)C(F)(F)F. The fourth-order valence-electron chi connectivity index (χ4n) is 1.74. The van der Waals surface area contributed by atoms with Crippen molar-refractivity contribution in [1.82, 2.24) is 4.90 Å². The summed E-state index contributed by atoms with van der Waals surface area (Å²) >= 11 is 0. The lowest BCUT2D eigenvalue weighted by Gasteiger charge is -2.33. The van der Waals surface area contributed by atoms with Crippen molar-refractivity contribution in [3.63, 3.8) is 0 Å². The maximum absolute atomic E-state index is 12.7. The highest BCUT2D eigenvalue weighted by atomic mass is 19.4. The van der Waals surface area contributed by atoms with Gasteiger partial charge in [-0.3, -0.25) is 4.90 Å². The van der Waals surface area contributed by atoms with Gasteiger partial charge in [0.15, 0.2) is 0 Å². The van der Waals surface area contributed by atoms with Crippen molar-refractivity contribution in [2.45, 2.75) is 46.3 Å². The Morgan fingerprint density at radius 3 is 1.80 bits per heavy atom. The molecule has 0 radical (unpaired) electrons. The maximum atomic E-state index is 12.7. The van der Waals surface area contributed by atoms with E-state index in [0.29, 0.717) is 12.5 Å². The van der Waals surface area contributed by atoms with Crippen LogP contribution in [0.5, 0.6) is 0 Å². The van der Waals surface area contributed by atoms with E-state index in [0.717, 1.165) is 6.42 Å². The molecule has 0 aromatic heterocycles. The Kier molecular flexibility index (Phi) is 5.63. The van der Waals surface area contributed by atoms with Gasteiger partial charge in [-0.05, 0) is 31.8 Å². The molecule has 0 saturated heterocycles. The van der Waals surface area contributed by atoms with E-state index in [4.69, 9.17) is 0 Å². The van der Waals surface area contributed by atoms with Gasteiger partial charge in [0.2, 0.25) is 0 Å². The summed E-state index contributed by atoms with van der Waals surface area (Å²) in [6.45, 7) is 7.77. The van der Waals surface area contributed by atoms with E-state index in [1.807, 2.05) is 13.8 Å². The molecule has 0 aliphatic rings. The Labute approximate surface area is 90.6 Å². The molecule has 15 heavy (non-hydrogen) atoms. The lowest BCUT2D eigenvalue weighted by molar-refractivity contribution is -0.191. The van der Waals surface area contributed by atoms with Crippen LogP contribution in [0.4, 0.5) is 13.2 Å². The van der Waals surface area contributed by atoms with E-state index in [1.165, 1.54) is 4.90 Å². The van der Waals surface area contributed by atoms with Crippen LogP contribution in [0.2, 0.25) is 0 Å². The van der Waals surface area contributed by atoms with Gasteiger partial charge in [0.25, 0.3) is 0 Å². The molecule has 0 spiro atoms. The predicted molar refractivity (Wildman–Crippen MR) is 56.8 cm³/mol. The van der Waals surface area contributed by atoms with E-state index in [2.05, 4.69) is 0 Å². The standard InChI is InChI=1S/C11H22F3N/c1-8(2)6-7-15(5)10(9(3)4)11(12,13)14/h8-10H,6-7H2,1-5H3/t10-/m0/s1. The van der Waals surface area contributed by atoms with Crippen molar-refractivity contribution in [3.05, 3.63) is 0 Å². The first kappa shape index (κ1) is 14.8. The first-order valence-electron chi connectivity index (χ1n) is 5.43. The molecule has 0 N–H and O–H groups in total. The van der Waals surface area contributed by atoms with Crippen LogP contribution in [-0.4, -0.2) is 30.7 Å². The molecule has 4 heteroatoms. The van der Waals surface area contributed by atoms with E-state index in [9.17, 15) is 13.2 Å². The average molecular weight is 225 g/mol. The molecule has 92 valence electrons. The second kappa shape index (κ2) is 5.73. The molecule has 0 rings (SSSR count). The summed E-state index contributed by atoms with van der Waals surface area (Å²) in [5, 5.41) is 0. The van der Waals surface area contributed by atoms with Crippen molar-refractivity contribution < 1.29 is 13.2 Å². The van der Waals surface area contributed by atoms with Gasteiger partial charge in [0.05, 0.1) is 0 Å². The quantitative estimate of drug-likeness (QED) is 0.691. The number of hydrogen-bond acceptors (Lipinski definition) is 1. The first-order chi connectivity index (χ1) is 6.66. The lowest BCUT2D eigenvalue weighted by Crippen LogP contribution is -2.47. The van der Waals surface area contributed by atoms with Crippen LogP contribution < -0.4 is 0 Å². The van der Waals surface area contributed by atoms with E-state index >= 15 is 0 Å². The van der Waals surface area contributed by atoms with Crippen LogP contribution in [0.1, 0.15) is 34.1 Å². The summed E-state index contributed by atoms with van der Waals surface area (Å²) in [4.78, 5) is 1.42. The van der Waals surface area contributed by atoms with Crippen molar-refractivity contribution in [3.8, 4) is 0 Å². The second-order valence-electron chi connectivity index (χ2n) is 4.89. The molecule has 0 aliphatic carbocycles. The van der Waals surface area contributed by atoms with Crippen LogP contribution in [-0.2, 0) is 0 Å². The number of rotatable bonds is 5. The van der Waals surface area contributed by atoms with Gasteiger partial charge in [-0.2, -0.15) is 13.2 Å². The van der Waals surface area contributed by atoms with Crippen LogP contribution in [0, 0.1) is 11.8 Å². The molecule has 0 fully saturated rings. The zero-order valence-corrected chi connectivity index (χ0v) is 10.2. The van der Waals surface area contributed by atoms with Gasteiger partial charge in [0.1, 0.15) is 6.04 Å². The van der Waals surface area contributed by atoms with Gasteiger partial charge in [-0.1, -0.05) is 27.7 Å². The Hall–Kier alpha value is -0.250. The Balaban J connectivity index is 4.37. The molecule has 0 bridgehead atoms. The van der Waals surface area contributed by atoms with E-state index in [1.54, 1.807) is 20.9 Å². The van der Waals surface area contributed by atoms with Crippen molar-refractivity contribution in [2.75, 3.05) is 13.6 Å². The normalized spacial score (nSPS) is 15.4. The molecule has 1 nitrogen and oxygen atoms in total. The summed E-state index contributed by atoms with van der Waals surface area (Å²) in [5.41, 5.74) is 0. The third-order valence-corrected chi connectivity index (χ3v) is 2.50. The smallest absolute Gasteiger partial charge is 0.295 e. The lowest BCUT2D eigenvalue weighted by atomic mass is 10.0. The molecule has 1 atom stereocenters. The van der Waals surface area contributed by atoms with Gasteiger partial charge < -0.3 is 0 Å². The number of halogens is 3. The van der Waals surface area contributed by atoms with Gasteiger partial charge in [-0.15, -0.1) is 0 Å². The largest absolute Gasteiger partial charge is 0.404 e. The third kappa shape index (κ3) is 5.40. The van der Waals surface area contributed by atoms with Gasteiger partial charge >= 0.3 is 6.18 Å². The minimum Gasteiger partial charge on any atom is -0.295 e. The first-order valence-corrected chi connectivity index (χ1v) is 5.43. The summed E-state index contributed by atoms with van der Waals surface area (Å²) in [7, 11) is 1.56. The highest BCUT2D eigenvalue weighted by Crippen LogP contribution is 2.29. The van der Waals surface area contributed by atoms with E-state index in [-0.39, 0.29) is 0 Å². The molecule has 0 aliphatic heterocycles. The molecule has 0 aromatic rings. The minimum atomic E-state index is -4.13. The summed E-state index contributed by atoms with van der Waals surface area (Å²) in [6, 6.07) is -1.32. The zero-order chi connectivity index (χ0) is 12.2. The van der Waals surface area contributed by atoms with E-state index < -0.39 is 18.1 Å². The monoisotopic (exact) mass is 225 g/mol. The van der Waals surface area contributed by atoms with Gasteiger partial charge in [0, 0.05) is 0 Å². The average Bonchev–Trinajstić information content (AvgIpc) is 1.96. The van der Waals surface area contributed by atoms with Crippen LogP contribution >= 0.6 is 0 Å². The van der Waals surface area contributed by atoms with Crippen LogP contribution in [0.3, 0.4) is 0 Å². The Morgan fingerprint density at radius 1 is 1.07 bits per heavy atom. The van der Waals surface area contributed by atoms with Crippen LogP contribution in [0.25, 0.3) is 0 Å². The Bertz CT molecular complexity index is 175. The summed E-state index contributed by atoms with van der Waals surface area (Å²) in [6.07, 6.45) is -3.32. The molecular formula is C11H22F3N. The topological polar surface area (TPSA) is 3.24 Å². The highest BCUT2D eigenvalue weighted by Gasteiger charge is 2.43. The fraction of sp³-hybridized carbons (Fsp3) is 1.00. The van der Waals surface area contributed by atoms with Crippen molar-refractivity contribution >= 4 is 0 Å². The highest BCUT2D eigenvalue weighted by molar-refractivity contribution is 4.79. The molecule has 0 aromatic carbocycles. The maximum Gasteiger partial charge on any atom is 0.404 e. The predicted octanol–water partition coefficient (Wildman–Crippen LogP) is 3.55. The molecule has 0 unspecified atom stereocenters. The van der Waals surface area contributed by atoms with Crippen molar-refractivity contribution in [1.29, 1.82) is 0 Å². The number of nitrogens with zero attached hydrogens (tertiary/aromatic N) is 1. The molecular weight excluding hydrogens is 203 g/mol. The molecule has 0 amide bonds. The van der Waals surface area contributed by atoms with Gasteiger partial charge in [-0.25, -0.2) is 0 Å². The Morgan fingerprint density at radius 2 is 1.53 bits per heavy atom. The summed E-state index contributed by atoms with van der Waals surface area (Å²) in [5.74, 6) is 0.0376. The number of hydrogen-bond donors (Lipinski definition) is 0. The number of alkyl halides is 3. The minimum absolute atomic E-state index is 0.401. The van der Waals surface area contributed by atoms with Crippen molar-refractivity contribution in [2.24, 2.45) is 11.8 Å².